The number of benzene rings is 2. The minimum absolute atomic E-state index is 0.269. The van der Waals surface area contributed by atoms with Crippen LogP contribution in [0.15, 0.2) is 59.5 Å². The fourth-order valence-corrected chi connectivity index (χ4v) is 6.45. The number of para-hydroxylation sites is 1. The van der Waals surface area contributed by atoms with E-state index in [0.717, 1.165) is 29.1 Å². The normalized spacial score (nSPS) is 17.9. The summed E-state index contributed by atoms with van der Waals surface area (Å²) >= 11 is 0. The van der Waals surface area contributed by atoms with Gasteiger partial charge in [-0.25, -0.2) is 8.42 Å². The Kier molecular flexibility index (Phi) is 7.49. The Bertz CT molecular complexity index is 1510. The number of β-amino-alcohol motifs (C(OH)–C–C–N with tert-alkyl or cyclic N) is 1. The Labute approximate surface area is 219 Å². The summed E-state index contributed by atoms with van der Waals surface area (Å²) < 4.78 is 34.3. The van der Waals surface area contributed by atoms with Crippen LogP contribution in [-0.4, -0.2) is 64.4 Å². The highest BCUT2D eigenvalue weighted by molar-refractivity contribution is 7.89. The quantitative estimate of drug-likeness (QED) is 0.198. The van der Waals surface area contributed by atoms with Gasteiger partial charge >= 0.3 is 5.97 Å². The van der Waals surface area contributed by atoms with Crippen LogP contribution >= 0.6 is 0 Å². The molecular formula is C26H27N3O8S. The predicted octanol–water partition coefficient (Wildman–Crippen LogP) is 2.86. The van der Waals surface area contributed by atoms with E-state index in [0.29, 0.717) is 15.6 Å². The summed E-state index contributed by atoms with van der Waals surface area (Å²) in [5.74, 6) is -1.50. The third kappa shape index (κ3) is 5.10. The van der Waals surface area contributed by atoms with Crippen molar-refractivity contribution in [1.29, 1.82) is 0 Å². The summed E-state index contributed by atoms with van der Waals surface area (Å²) in [7, 11) is -4.53. The maximum Gasteiger partial charge on any atom is 0.325 e. The monoisotopic (exact) mass is 541 g/mol. The van der Waals surface area contributed by atoms with Crippen LogP contribution < -0.4 is 0 Å². The summed E-state index contributed by atoms with van der Waals surface area (Å²) in [4.78, 5) is 35.8. The average Bonchev–Trinajstić information content (AvgIpc) is 3.42. The number of hydrogen-bond donors (Lipinski definition) is 1. The molecule has 2 heterocycles. The fourth-order valence-electron chi connectivity index (χ4n) is 4.66. The molecule has 3 aromatic rings. The van der Waals surface area contributed by atoms with Crippen molar-refractivity contribution in [2.75, 3.05) is 13.2 Å². The highest BCUT2D eigenvalue weighted by Crippen LogP contribution is 2.32. The summed E-state index contributed by atoms with van der Waals surface area (Å²) in [5, 5.41) is 21.5. The molecule has 12 heteroatoms. The summed E-state index contributed by atoms with van der Waals surface area (Å²) in [6.45, 7) is 4.51. The van der Waals surface area contributed by atoms with E-state index in [1.807, 2.05) is 42.7 Å². The molecule has 1 aromatic heterocycles. The number of rotatable bonds is 8. The third-order valence-corrected chi connectivity index (χ3v) is 8.45. The molecule has 4 rings (SSSR count). The molecule has 1 N–H and O–H groups in total. The van der Waals surface area contributed by atoms with E-state index < -0.39 is 62.6 Å². The molecule has 1 aliphatic heterocycles. The molecule has 0 bridgehead atoms. The van der Waals surface area contributed by atoms with Crippen LogP contribution in [0.2, 0.25) is 0 Å². The van der Waals surface area contributed by atoms with Gasteiger partial charge in [0.25, 0.3) is 15.7 Å². The molecule has 200 valence electrons. The van der Waals surface area contributed by atoms with Crippen LogP contribution in [0.4, 0.5) is 5.69 Å². The first-order valence-electron chi connectivity index (χ1n) is 11.8. The highest BCUT2D eigenvalue weighted by Gasteiger charge is 2.46. The zero-order valence-electron chi connectivity index (χ0n) is 21.0. The van der Waals surface area contributed by atoms with E-state index >= 15 is 0 Å². The molecule has 2 aromatic carbocycles. The second-order valence-corrected chi connectivity index (χ2v) is 11.1. The zero-order valence-corrected chi connectivity index (χ0v) is 21.8. The lowest BCUT2D eigenvalue weighted by Gasteiger charge is -2.22. The number of aliphatic hydroxyl groups excluding tert-OH is 1. The van der Waals surface area contributed by atoms with Crippen molar-refractivity contribution in [2.45, 2.75) is 44.2 Å². The molecule has 1 fully saturated rings. The summed E-state index contributed by atoms with van der Waals surface area (Å²) in [6, 6.07) is 12.8. The van der Waals surface area contributed by atoms with Gasteiger partial charge in [0.15, 0.2) is 11.5 Å². The van der Waals surface area contributed by atoms with Crippen molar-refractivity contribution >= 4 is 27.5 Å². The second-order valence-electron chi connectivity index (χ2n) is 9.19. The van der Waals surface area contributed by atoms with Crippen LogP contribution in [0, 0.1) is 30.9 Å². The average molecular weight is 542 g/mol. The fraction of sp³-hybridized carbons (Fsp3) is 0.308. The number of nitrogens with zero attached hydrogens (tertiary/aromatic N) is 3. The van der Waals surface area contributed by atoms with Gasteiger partial charge in [-0.15, -0.1) is 0 Å². The highest BCUT2D eigenvalue weighted by atomic mass is 32.2. The Morgan fingerprint density at radius 2 is 1.76 bits per heavy atom. The molecule has 0 spiro atoms. The minimum atomic E-state index is -4.53. The molecule has 11 nitrogen and oxygen atoms in total. The van der Waals surface area contributed by atoms with E-state index in [-0.39, 0.29) is 6.42 Å². The maximum atomic E-state index is 13.3. The number of nitro benzene ring substituents is 1. The first-order chi connectivity index (χ1) is 17.9. The summed E-state index contributed by atoms with van der Waals surface area (Å²) in [5.41, 5.74) is 3.13. The van der Waals surface area contributed by atoms with Crippen molar-refractivity contribution in [3.05, 3.63) is 87.2 Å². The number of aliphatic hydroxyl groups is 1. The Morgan fingerprint density at radius 1 is 1.11 bits per heavy atom. The lowest BCUT2D eigenvalue weighted by Crippen LogP contribution is -2.42. The van der Waals surface area contributed by atoms with Gasteiger partial charge in [-0.2, -0.15) is 4.31 Å². The number of sulfonamides is 1. The van der Waals surface area contributed by atoms with Crippen LogP contribution in [-0.2, 0) is 19.6 Å². The predicted molar refractivity (Wildman–Crippen MR) is 137 cm³/mol. The lowest BCUT2D eigenvalue weighted by atomic mass is 10.1. The van der Waals surface area contributed by atoms with Gasteiger partial charge in [-0.05, 0) is 45.0 Å². The smallest absolute Gasteiger partial charge is 0.325 e. The SMILES string of the molecule is Cc1ccc(-n2c(C)cc(C(=O)COC(=O)[C@@H]3C[C@H](O)CN3S(=O)(=O)c3ccccc3[N+](=O)[O-])c2C)cc1. The first-order valence-corrected chi connectivity index (χ1v) is 13.2. The van der Waals surface area contributed by atoms with Crippen LogP contribution in [0.3, 0.4) is 0 Å². The molecule has 0 unspecified atom stereocenters. The Hall–Kier alpha value is -3.87. The topological polar surface area (TPSA) is 149 Å². The number of nitro groups is 1. The molecule has 0 amide bonds. The molecule has 0 saturated carbocycles. The van der Waals surface area contributed by atoms with Crippen molar-refractivity contribution in [1.82, 2.24) is 8.87 Å². The van der Waals surface area contributed by atoms with Crippen LogP contribution in [0.5, 0.6) is 0 Å². The number of aryl methyl sites for hydroxylation is 2. The molecule has 0 radical (unpaired) electrons. The number of ether oxygens (including phenoxy) is 1. The van der Waals surface area contributed by atoms with Gasteiger partial charge in [0.2, 0.25) is 5.78 Å². The zero-order chi connectivity index (χ0) is 27.8. The van der Waals surface area contributed by atoms with Crippen LogP contribution in [0.25, 0.3) is 5.69 Å². The van der Waals surface area contributed by atoms with Crippen molar-refractivity contribution in [3.63, 3.8) is 0 Å². The molecule has 1 aliphatic rings. The molecular weight excluding hydrogens is 514 g/mol. The number of ketones is 1. The number of Topliss-reactive ketones (excluding diaryl/α,β-unsaturated/α-hetero) is 1. The van der Waals surface area contributed by atoms with Gasteiger partial charge in [-0.1, -0.05) is 29.8 Å². The van der Waals surface area contributed by atoms with Crippen molar-refractivity contribution in [3.8, 4) is 5.69 Å². The van der Waals surface area contributed by atoms with E-state index in [9.17, 15) is 33.2 Å². The Balaban J connectivity index is 1.52. The van der Waals surface area contributed by atoms with Gasteiger partial charge in [-0.3, -0.25) is 19.7 Å². The minimum Gasteiger partial charge on any atom is -0.456 e. The van der Waals surface area contributed by atoms with Gasteiger partial charge < -0.3 is 14.4 Å². The Morgan fingerprint density at radius 3 is 2.42 bits per heavy atom. The number of hydrogen-bond acceptors (Lipinski definition) is 8. The number of aromatic nitrogens is 1. The standard InChI is InChI=1S/C26H27N3O8S/c1-16-8-10-19(11-9-16)28-17(2)12-21(18(28)3)24(31)15-37-26(32)23-13-20(30)14-27(23)38(35,36)25-7-5-4-6-22(25)29(33)34/h4-12,20,23,30H,13-15H2,1-3H3/t20-,23-/m0/s1. The van der Waals surface area contributed by atoms with Crippen LogP contribution in [0.1, 0.15) is 33.7 Å². The van der Waals surface area contributed by atoms with E-state index in [4.69, 9.17) is 4.74 Å². The van der Waals surface area contributed by atoms with Gasteiger partial charge in [0.05, 0.1) is 11.0 Å². The first kappa shape index (κ1) is 27.2. The van der Waals surface area contributed by atoms with E-state index in [1.54, 1.807) is 13.0 Å². The van der Waals surface area contributed by atoms with E-state index in [1.165, 1.54) is 12.1 Å². The maximum absolute atomic E-state index is 13.3. The largest absolute Gasteiger partial charge is 0.456 e. The number of carbonyl (C=O) groups is 2. The summed E-state index contributed by atoms with van der Waals surface area (Å²) in [6.07, 6.45) is -1.45. The number of esters is 1. The number of carbonyl (C=O) groups excluding carboxylic acids is 2. The van der Waals surface area contributed by atoms with Crippen molar-refractivity contribution < 1.29 is 32.8 Å². The van der Waals surface area contributed by atoms with Gasteiger partial charge in [0, 0.05) is 41.7 Å². The van der Waals surface area contributed by atoms with E-state index in [2.05, 4.69) is 0 Å². The molecule has 2 atom stereocenters. The molecule has 1 saturated heterocycles. The molecule has 0 aliphatic carbocycles. The van der Waals surface area contributed by atoms with Gasteiger partial charge in [0.1, 0.15) is 6.04 Å². The lowest BCUT2D eigenvalue weighted by molar-refractivity contribution is -0.387. The molecule has 38 heavy (non-hydrogen) atoms. The second kappa shape index (κ2) is 10.5. The van der Waals surface area contributed by atoms with Crippen molar-refractivity contribution in [2.24, 2.45) is 0 Å². The third-order valence-electron chi connectivity index (χ3n) is 6.52.